The van der Waals surface area contributed by atoms with E-state index in [9.17, 15) is 14.0 Å². The Bertz CT molecular complexity index is 831. The Kier molecular flexibility index (Phi) is 7.57. The van der Waals surface area contributed by atoms with Gasteiger partial charge in [-0.2, -0.15) is 0 Å². The van der Waals surface area contributed by atoms with E-state index in [4.69, 9.17) is 0 Å². The van der Waals surface area contributed by atoms with Gasteiger partial charge < -0.3 is 15.1 Å². The molecule has 0 radical (unpaired) electrons. The lowest BCUT2D eigenvalue weighted by Gasteiger charge is -2.32. The number of likely N-dealkylation sites (N-methyl/N-ethyl adjacent to an activating group) is 1. The predicted molar refractivity (Wildman–Crippen MR) is 116 cm³/mol. The van der Waals surface area contributed by atoms with E-state index in [2.05, 4.69) is 22.3 Å². The minimum Gasteiger partial charge on any atom is -0.354 e. The van der Waals surface area contributed by atoms with E-state index < -0.39 is 0 Å². The van der Waals surface area contributed by atoms with Gasteiger partial charge in [-0.15, -0.1) is 0 Å². The van der Waals surface area contributed by atoms with Crippen molar-refractivity contribution in [1.29, 1.82) is 0 Å². The lowest BCUT2D eigenvalue weighted by molar-refractivity contribution is -0.126. The van der Waals surface area contributed by atoms with Crippen molar-refractivity contribution in [1.82, 2.24) is 15.1 Å². The van der Waals surface area contributed by atoms with Gasteiger partial charge in [0.05, 0.1) is 0 Å². The molecule has 6 heteroatoms. The van der Waals surface area contributed by atoms with Crippen molar-refractivity contribution in [3.8, 4) is 0 Å². The summed E-state index contributed by atoms with van der Waals surface area (Å²) in [6.45, 7) is 1.67. The molecular weight excluding hydrogens is 381 g/mol. The Morgan fingerprint density at radius 3 is 2.30 bits per heavy atom. The third kappa shape index (κ3) is 5.89. The fourth-order valence-electron chi connectivity index (χ4n) is 3.81. The first-order valence-corrected chi connectivity index (χ1v) is 10.5. The van der Waals surface area contributed by atoms with Crippen LogP contribution >= 0.6 is 0 Å². The summed E-state index contributed by atoms with van der Waals surface area (Å²) in [6, 6.07) is 16.1. The first kappa shape index (κ1) is 22.0. The van der Waals surface area contributed by atoms with Crippen molar-refractivity contribution in [2.24, 2.45) is 5.92 Å². The third-order valence-corrected chi connectivity index (χ3v) is 5.80. The fourth-order valence-corrected chi connectivity index (χ4v) is 3.81. The molecule has 0 aliphatic carbocycles. The summed E-state index contributed by atoms with van der Waals surface area (Å²) in [5.74, 6) is -0.486. The highest BCUT2D eigenvalue weighted by Gasteiger charge is 2.28. The molecule has 0 saturated carbocycles. The van der Waals surface area contributed by atoms with Crippen molar-refractivity contribution < 1.29 is 14.0 Å². The summed E-state index contributed by atoms with van der Waals surface area (Å²) in [4.78, 5) is 29.1. The summed E-state index contributed by atoms with van der Waals surface area (Å²) in [7, 11) is 4.05. The van der Waals surface area contributed by atoms with Crippen LogP contribution in [0.15, 0.2) is 54.6 Å². The lowest BCUT2D eigenvalue weighted by atomic mass is 9.95. The van der Waals surface area contributed by atoms with Crippen LogP contribution in [0.4, 0.5) is 4.39 Å². The van der Waals surface area contributed by atoms with Crippen LogP contribution in [0.25, 0.3) is 0 Å². The monoisotopic (exact) mass is 411 g/mol. The van der Waals surface area contributed by atoms with Crippen molar-refractivity contribution in [3.05, 3.63) is 71.5 Å². The van der Waals surface area contributed by atoms with E-state index in [1.807, 2.05) is 32.3 Å². The van der Waals surface area contributed by atoms with Crippen LogP contribution in [-0.2, 0) is 11.2 Å². The molecule has 3 rings (SSSR count). The SMILES string of the molecule is CN(C)C(CNC(=O)C1CCN(C(=O)c2ccc(F)cc2)CC1)Cc1ccccc1. The van der Waals surface area contributed by atoms with E-state index in [1.165, 1.54) is 29.8 Å². The van der Waals surface area contributed by atoms with Crippen LogP contribution in [0.1, 0.15) is 28.8 Å². The zero-order valence-electron chi connectivity index (χ0n) is 17.7. The fraction of sp³-hybridized carbons (Fsp3) is 0.417. The molecule has 0 spiro atoms. The molecule has 0 aromatic heterocycles. The van der Waals surface area contributed by atoms with Gasteiger partial charge in [-0.25, -0.2) is 4.39 Å². The second-order valence-electron chi connectivity index (χ2n) is 8.13. The summed E-state index contributed by atoms with van der Waals surface area (Å²) in [5.41, 5.74) is 1.73. The van der Waals surface area contributed by atoms with Crippen LogP contribution in [0.5, 0.6) is 0 Å². The van der Waals surface area contributed by atoms with Crippen LogP contribution in [-0.4, -0.2) is 61.4 Å². The number of benzene rings is 2. The number of carbonyl (C=O) groups is 2. The Hall–Kier alpha value is -2.73. The maximum absolute atomic E-state index is 13.1. The maximum atomic E-state index is 13.1. The summed E-state index contributed by atoms with van der Waals surface area (Å²) < 4.78 is 13.1. The number of amides is 2. The third-order valence-electron chi connectivity index (χ3n) is 5.80. The average Bonchev–Trinajstić information content (AvgIpc) is 2.77. The van der Waals surface area contributed by atoms with E-state index in [0.29, 0.717) is 38.0 Å². The molecule has 0 bridgehead atoms. The van der Waals surface area contributed by atoms with Crippen molar-refractivity contribution >= 4 is 11.8 Å². The number of nitrogens with one attached hydrogen (secondary N) is 1. The van der Waals surface area contributed by atoms with Gasteiger partial charge in [0.1, 0.15) is 5.82 Å². The second kappa shape index (κ2) is 10.3. The van der Waals surface area contributed by atoms with Crippen molar-refractivity contribution in [2.45, 2.75) is 25.3 Å². The normalized spacial score (nSPS) is 15.8. The minimum absolute atomic E-state index is 0.0591. The molecule has 1 N–H and O–H groups in total. The number of hydrogen-bond acceptors (Lipinski definition) is 3. The molecule has 1 atom stereocenters. The van der Waals surface area contributed by atoms with E-state index in [1.54, 1.807) is 4.90 Å². The molecule has 1 aliphatic rings. The smallest absolute Gasteiger partial charge is 0.253 e. The molecule has 160 valence electrons. The van der Waals surface area contributed by atoms with Gasteiger partial charge in [-0.1, -0.05) is 30.3 Å². The molecule has 5 nitrogen and oxygen atoms in total. The van der Waals surface area contributed by atoms with E-state index >= 15 is 0 Å². The number of nitrogens with zero attached hydrogens (tertiary/aromatic N) is 2. The molecule has 2 amide bonds. The number of rotatable bonds is 7. The highest BCUT2D eigenvalue weighted by molar-refractivity contribution is 5.94. The lowest BCUT2D eigenvalue weighted by Crippen LogP contribution is -2.46. The Morgan fingerprint density at radius 2 is 1.70 bits per heavy atom. The highest BCUT2D eigenvalue weighted by Crippen LogP contribution is 2.20. The molecule has 1 unspecified atom stereocenters. The maximum Gasteiger partial charge on any atom is 0.253 e. The highest BCUT2D eigenvalue weighted by atomic mass is 19.1. The standard InChI is InChI=1S/C24H30FN3O2/c1-27(2)22(16-18-6-4-3-5-7-18)17-26-23(29)19-12-14-28(15-13-19)24(30)20-8-10-21(25)11-9-20/h3-11,19,22H,12-17H2,1-2H3,(H,26,29). The molecule has 1 heterocycles. The van der Waals surface area contributed by atoms with Crippen LogP contribution in [0.2, 0.25) is 0 Å². The van der Waals surface area contributed by atoms with Crippen LogP contribution < -0.4 is 5.32 Å². The number of carbonyl (C=O) groups excluding carboxylic acids is 2. The zero-order chi connectivity index (χ0) is 21.5. The molecule has 2 aromatic rings. The van der Waals surface area contributed by atoms with Gasteiger partial charge in [-0.05, 0) is 63.2 Å². The number of hydrogen-bond donors (Lipinski definition) is 1. The minimum atomic E-state index is -0.356. The largest absolute Gasteiger partial charge is 0.354 e. The van der Waals surface area contributed by atoms with Crippen molar-refractivity contribution in [2.75, 3.05) is 33.7 Å². The van der Waals surface area contributed by atoms with Crippen LogP contribution in [0.3, 0.4) is 0 Å². The first-order valence-electron chi connectivity index (χ1n) is 10.5. The summed E-state index contributed by atoms with van der Waals surface area (Å²) in [5, 5.41) is 3.11. The number of piperidine rings is 1. The van der Waals surface area contributed by atoms with Gasteiger partial charge in [-0.3, -0.25) is 9.59 Å². The molecular formula is C24H30FN3O2. The second-order valence-corrected chi connectivity index (χ2v) is 8.13. The van der Waals surface area contributed by atoms with Crippen molar-refractivity contribution in [3.63, 3.8) is 0 Å². The van der Waals surface area contributed by atoms with Gasteiger partial charge in [0, 0.05) is 37.2 Å². The summed E-state index contributed by atoms with van der Waals surface area (Å²) in [6.07, 6.45) is 2.16. The predicted octanol–water partition coefficient (Wildman–Crippen LogP) is 2.97. The Morgan fingerprint density at radius 1 is 1.07 bits per heavy atom. The van der Waals surface area contributed by atoms with Gasteiger partial charge >= 0.3 is 0 Å². The Balaban J connectivity index is 1.47. The topological polar surface area (TPSA) is 52.7 Å². The van der Waals surface area contributed by atoms with Gasteiger partial charge in [0.15, 0.2) is 0 Å². The Labute approximate surface area is 177 Å². The average molecular weight is 412 g/mol. The quantitative estimate of drug-likeness (QED) is 0.762. The molecule has 30 heavy (non-hydrogen) atoms. The van der Waals surface area contributed by atoms with E-state index in [0.717, 1.165) is 6.42 Å². The molecule has 1 saturated heterocycles. The van der Waals surface area contributed by atoms with E-state index in [-0.39, 0.29) is 29.6 Å². The number of halogens is 1. The molecule has 1 aliphatic heterocycles. The molecule has 1 fully saturated rings. The first-order chi connectivity index (χ1) is 14.4. The summed E-state index contributed by atoms with van der Waals surface area (Å²) >= 11 is 0. The zero-order valence-corrected chi connectivity index (χ0v) is 17.7. The van der Waals surface area contributed by atoms with Gasteiger partial charge in [0.25, 0.3) is 5.91 Å². The van der Waals surface area contributed by atoms with Gasteiger partial charge in [0.2, 0.25) is 5.91 Å². The van der Waals surface area contributed by atoms with Crippen LogP contribution in [0, 0.1) is 11.7 Å². The number of likely N-dealkylation sites (tertiary alicyclic amines) is 1. The molecule has 2 aromatic carbocycles.